The standard InChI is InChI=1S/C25H24BrNO6.ClH/c1-28-24-11-18(13-27-12-16-2-4-21-23(9-16)33-15-32-21)8-19(26)25(24)31-14-17-3-5-20-22(10-17)30-7-6-29-20;/h2-5,8-11,27H,6-7,12-15H2,1H3;1H. The summed E-state index contributed by atoms with van der Waals surface area (Å²) in [7, 11) is 1.64. The molecule has 0 aromatic heterocycles. The highest BCUT2D eigenvalue weighted by Crippen LogP contribution is 2.38. The van der Waals surface area contributed by atoms with Crippen molar-refractivity contribution in [2.24, 2.45) is 0 Å². The van der Waals surface area contributed by atoms with E-state index in [-0.39, 0.29) is 19.2 Å². The van der Waals surface area contributed by atoms with Gasteiger partial charge in [-0.15, -0.1) is 12.4 Å². The third kappa shape index (κ3) is 5.46. The van der Waals surface area contributed by atoms with E-state index in [1.807, 2.05) is 48.5 Å². The monoisotopic (exact) mass is 549 g/mol. The molecule has 3 aromatic carbocycles. The van der Waals surface area contributed by atoms with Crippen molar-refractivity contribution < 1.29 is 28.4 Å². The molecule has 9 heteroatoms. The van der Waals surface area contributed by atoms with E-state index in [9.17, 15) is 0 Å². The fourth-order valence-corrected chi connectivity index (χ4v) is 4.35. The molecule has 34 heavy (non-hydrogen) atoms. The first kappa shape index (κ1) is 24.3. The maximum atomic E-state index is 6.09. The summed E-state index contributed by atoms with van der Waals surface area (Å²) in [6, 6.07) is 15.8. The number of halogens is 2. The predicted molar refractivity (Wildman–Crippen MR) is 133 cm³/mol. The third-order valence-corrected chi connectivity index (χ3v) is 5.96. The number of benzene rings is 3. The van der Waals surface area contributed by atoms with Crippen molar-refractivity contribution in [1.29, 1.82) is 0 Å². The Balaban J connectivity index is 0.00000274. The Labute approximate surface area is 212 Å². The number of nitrogens with one attached hydrogen (secondary N) is 1. The first-order valence-electron chi connectivity index (χ1n) is 10.7. The van der Waals surface area contributed by atoms with Crippen molar-refractivity contribution in [3.05, 3.63) is 69.7 Å². The van der Waals surface area contributed by atoms with Gasteiger partial charge in [-0.25, -0.2) is 0 Å². The highest BCUT2D eigenvalue weighted by molar-refractivity contribution is 9.10. The van der Waals surface area contributed by atoms with Crippen LogP contribution in [0, 0.1) is 0 Å². The molecule has 0 atom stereocenters. The average molecular weight is 551 g/mol. The van der Waals surface area contributed by atoms with Crippen LogP contribution < -0.4 is 33.7 Å². The van der Waals surface area contributed by atoms with Gasteiger partial charge >= 0.3 is 0 Å². The van der Waals surface area contributed by atoms with Crippen LogP contribution in [0.3, 0.4) is 0 Å². The number of ether oxygens (including phenoxy) is 6. The molecule has 2 aliphatic heterocycles. The summed E-state index contributed by atoms with van der Waals surface area (Å²) in [5.41, 5.74) is 3.19. The molecule has 180 valence electrons. The average Bonchev–Trinajstić information content (AvgIpc) is 3.31. The Morgan fingerprint density at radius 2 is 1.44 bits per heavy atom. The van der Waals surface area contributed by atoms with Gasteiger partial charge in [0.15, 0.2) is 34.5 Å². The summed E-state index contributed by atoms with van der Waals surface area (Å²) in [5, 5.41) is 3.45. The lowest BCUT2D eigenvalue weighted by molar-refractivity contribution is 0.171. The molecule has 0 aliphatic carbocycles. The van der Waals surface area contributed by atoms with E-state index in [2.05, 4.69) is 21.2 Å². The quantitative estimate of drug-likeness (QED) is 0.411. The molecule has 2 heterocycles. The molecule has 0 unspecified atom stereocenters. The van der Waals surface area contributed by atoms with Gasteiger partial charge in [-0.2, -0.15) is 0 Å². The lowest BCUT2D eigenvalue weighted by atomic mass is 10.1. The summed E-state index contributed by atoms with van der Waals surface area (Å²) < 4.78 is 34.6. The number of hydrogen-bond donors (Lipinski definition) is 1. The molecule has 1 N–H and O–H groups in total. The zero-order chi connectivity index (χ0) is 22.6. The van der Waals surface area contributed by atoms with Crippen LogP contribution in [0.5, 0.6) is 34.5 Å². The van der Waals surface area contributed by atoms with E-state index in [1.165, 1.54) is 0 Å². The summed E-state index contributed by atoms with van der Waals surface area (Å²) in [6.07, 6.45) is 0. The fourth-order valence-electron chi connectivity index (χ4n) is 3.75. The largest absolute Gasteiger partial charge is 0.493 e. The van der Waals surface area contributed by atoms with Crippen LogP contribution in [0.1, 0.15) is 16.7 Å². The predicted octanol–water partition coefficient (Wildman–Crippen LogP) is 5.25. The zero-order valence-corrected chi connectivity index (χ0v) is 21.0. The normalized spacial score (nSPS) is 13.2. The van der Waals surface area contributed by atoms with Crippen LogP contribution in [-0.2, 0) is 19.7 Å². The van der Waals surface area contributed by atoms with Crippen LogP contribution in [0.15, 0.2) is 53.0 Å². The molecule has 0 radical (unpaired) electrons. The first-order chi connectivity index (χ1) is 16.2. The molecular formula is C25H25BrClNO6. The van der Waals surface area contributed by atoms with Crippen molar-refractivity contribution in [1.82, 2.24) is 5.32 Å². The summed E-state index contributed by atoms with van der Waals surface area (Å²) in [6.45, 7) is 3.17. The topological polar surface area (TPSA) is 67.4 Å². The van der Waals surface area contributed by atoms with E-state index < -0.39 is 0 Å². The number of rotatable bonds is 8. The number of fused-ring (bicyclic) bond motifs is 2. The highest BCUT2D eigenvalue weighted by Gasteiger charge is 2.16. The van der Waals surface area contributed by atoms with E-state index in [0.717, 1.165) is 44.2 Å². The minimum absolute atomic E-state index is 0. The van der Waals surface area contributed by atoms with E-state index in [0.29, 0.717) is 44.4 Å². The Hall–Kier alpha value is -2.81. The molecule has 5 rings (SSSR count). The first-order valence-corrected chi connectivity index (χ1v) is 11.5. The molecule has 7 nitrogen and oxygen atoms in total. The molecule has 0 spiro atoms. The summed E-state index contributed by atoms with van der Waals surface area (Å²) in [5.74, 6) is 4.42. The molecule has 0 fully saturated rings. The van der Waals surface area contributed by atoms with Crippen LogP contribution in [0.25, 0.3) is 0 Å². The number of hydrogen-bond acceptors (Lipinski definition) is 7. The van der Waals surface area contributed by atoms with Crippen LogP contribution >= 0.6 is 28.3 Å². The van der Waals surface area contributed by atoms with Gasteiger partial charge in [-0.3, -0.25) is 0 Å². The second-order valence-electron chi connectivity index (χ2n) is 7.67. The third-order valence-electron chi connectivity index (χ3n) is 5.37. The second-order valence-corrected chi connectivity index (χ2v) is 8.52. The van der Waals surface area contributed by atoms with Crippen LogP contribution in [-0.4, -0.2) is 27.1 Å². The van der Waals surface area contributed by atoms with Gasteiger partial charge in [0.1, 0.15) is 19.8 Å². The van der Waals surface area contributed by atoms with Crippen molar-refractivity contribution in [3.63, 3.8) is 0 Å². The maximum absolute atomic E-state index is 6.09. The Morgan fingerprint density at radius 1 is 0.794 bits per heavy atom. The van der Waals surface area contributed by atoms with Crippen molar-refractivity contribution >= 4 is 28.3 Å². The van der Waals surface area contributed by atoms with Crippen molar-refractivity contribution in [3.8, 4) is 34.5 Å². The molecule has 0 amide bonds. The molecule has 3 aromatic rings. The minimum atomic E-state index is 0. The van der Waals surface area contributed by atoms with Crippen molar-refractivity contribution in [2.75, 3.05) is 27.1 Å². The molecule has 0 saturated carbocycles. The van der Waals surface area contributed by atoms with E-state index in [4.69, 9.17) is 28.4 Å². The lowest BCUT2D eigenvalue weighted by Gasteiger charge is -2.19. The smallest absolute Gasteiger partial charge is 0.231 e. The van der Waals surface area contributed by atoms with Gasteiger partial charge in [-0.1, -0.05) is 12.1 Å². The number of methoxy groups -OCH3 is 1. The Bertz CT molecular complexity index is 1160. The van der Waals surface area contributed by atoms with Gasteiger partial charge < -0.3 is 33.7 Å². The van der Waals surface area contributed by atoms with Gasteiger partial charge in [0.25, 0.3) is 0 Å². The summed E-state index contributed by atoms with van der Waals surface area (Å²) in [4.78, 5) is 0. The highest BCUT2D eigenvalue weighted by atomic mass is 79.9. The van der Waals surface area contributed by atoms with Crippen molar-refractivity contribution in [2.45, 2.75) is 19.7 Å². The Morgan fingerprint density at radius 3 is 2.26 bits per heavy atom. The molecule has 0 bridgehead atoms. The van der Waals surface area contributed by atoms with Crippen LogP contribution in [0.4, 0.5) is 0 Å². The Kier molecular flexibility index (Phi) is 7.92. The molecular weight excluding hydrogens is 526 g/mol. The fraction of sp³-hybridized carbons (Fsp3) is 0.280. The molecule has 2 aliphatic rings. The maximum Gasteiger partial charge on any atom is 0.231 e. The summed E-state index contributed by atoms with van der Waals surface area (Å²) >= 11 is 3.64. The zero-order valence-electron chi connectivity index (χ0n) is 18.6. The van der Waals surface area contributed by atoms with Gasteiger partial charge in [0, 0.05) is 13.1 Å². The molecule has 0 saturated heterocycles. The van der Waals surface area contributed by atoms with Gasteiger partial charge in [-0.05, 0) is 69.0 Å². The lowest BCUT2D eigenvalue weighted by Crippen LogP contribution is -2.15. The SMILES string of the molecule is COc1cc(CNCc2ccc3c(c2)OCO3)cc(Br)c1OCc1ccc2c(c1)OCCO2.Cl. The van der Waals surface area contributed by atoms with Gasteiger partial charge in [0.2, 0.25) is 6.79 Å². The second kappa shape index (κ2) is 11.1. The minimum Gasteiger partial charge on any atom is -0.493 e. The van der Waals surface area contributed by atoms with E-state index in [1.54, 1.807) is 7.11 Å². The van der Waals surface area contributed by atoms with Gasteiger partial charge in [0.05, 0.1) is 11.6 Å². The van der Waals surface area contributed by atoms with Crippen LogP contribution in [0.2, 0.25) is 0 Å². The van der Waals surface area contributed by atoms with E-state index >= 15 is 0 Å².